The molecule has 1 amide bonds. The molecule has 1 saturated heterocycles. The van der Waals surface area contributed by atoms with Crippen LogP contribution in [0.4, 0.5) is 0 Å². The lowest BCUT2D eigenvalue weighted by Crippen LogP contribution is -2.31. The summed E-state index contributed by atoms with van der Waals surface area (Å²) < 4.78 is 5.61. The van der Waals surface area contributed by atoms with Crippen LogP contribution in [0.25, 0.3) is 0 Å². The lowest BCUT2D eigenvalue weighted by atomic mass is 10.1. The normalized spacial score (nSPS) is 14.8. The van der Waals surface area contributed by atoms with E-state index < -0.39 is 0 Å². The summed E-state index contributed by atoms with van der Waals surface area (Å²) in [5.41, 5.74) is 2.37. The predicted molar refractivity (Wildman–Crippen MR) is 117 cm³/mol. The Labute approximate surface area is 172 Å². The number of amides is 1. The smallest absolute Gasteiger partial charge is 0.220 e. The van der Waals surface area contributed by atoms with Gasteiger partial charge >= 0.3 is 0 Å². The Morgan fingerprint density at radius 3 is 2.57 bits per heavy atom. The molecule has 0 spiro atoms. The second-order valence-corrected chi connectivity index (χ2v) is 8.09. The quantitative estimate of drug-likeness (QED) is 0.479. The van der Waals surface area contributed by atoms with E-state index in [1.54, 1.807) is 7.11 Å². The number of rotatable bonds is 13. The molecule has 1 aliphatic rings. The number of hydrogen-bond acceptors (Lipinski definition) is 3. The molecular formula is C24H40N2O2. The van der Waals surface area contributed by atoms with Gasteiger partial charge in [-0.15, -0.1) is 0 Å². The molecule has 1 aromatic rings. The summed E-state index contributed by atoms with van der Waals surface area (Å²) >= 11 is 0. The molecular weight excluding hydrogens is 348 g/mol. The highest BCUT2D eigenvalue weighted by Gasteiger charge is 2.12. The van der Waals surface area contributed by atoms with Gasteiger partial charge in [0, 0.05) is 19.5 Å². The third-order valence-corrected chi connectivity index (χ3v) is 5.74. The molecule has 0 bridgehead atoms. The van der Waals surface area contributed by atoms with Gasteiger partial charge in [0.1, 0.15) is 5.75 Å². The van der Waals surface area contributed by atoms with Gasteiger partial charge < -0.3 is 15.0 Å². The molecule has 1 N–H and O–H groups in total. The molecule has 1 heterocycles. The Hall–Kier alpha value is -1.55. The van der Waals surface area contributed by atoms with E-state index in [-0.39, 0.29) is 5.91 Å². The van der Waals surface area contributed by atoms with E-state index in [1.807, 2.05) is 0 Å². The highest BCUT2D eigenvalue weighted by Crippen LogP contribution is 2.22. The minimum Gasteiger partial charge on any atom is -0.496 e. The van der Waals surface area contributed by atoms with Gasteiger partial charge in [-0.1, -0.05) is 57.6 Å². The fraction of sp³-hybridized carbons (Fsp3) is 0.708. The van der Waals surface area contributed by atoms with Gasteiger partial charge in [-0.25, -0.2) is 0 Å². The van der Waals surface area contributed by atoms with Crippen LogP contribution < -0.4 is 10.1 Å². The van der Waals surface area contributed by atoms with Crippen LogP contribution in [0.3, 0.4) is 0 Å². The fourth-order valence-electron chi connectivity index (χ4n) is 3.92. The summed E-state index contributed by atoms with van der Waals surface area (Å²) in [4.78, 5) is 14.6. The highest BCUT2D eigenvalue weighted by molar-refractivity contribution is 5.75. The monoisotopic (exact) mass is 388 g/mol. The van der Waals surface area contributed by atoms with Crippen LogP contribution in [0.15, 0.2) is 18.2 Å². The molecule has 4 nitrogen and oxygen atoms in total. The number of ether oxygens (including phenoxy) is 1. The van der Waals surface area contributed by atoms with Gasteiger partial charge in [0.05, 0.1) is 7.11 Å². The summed E-state index contributed by atoms with van der Waals surface area (Å²) in [6, 6.07) is 6.37. The lowest BCUT2D eigenvalue weighted by molar-refractivity contribution is -0.121. The lowest BCUT2D eigenvalue weighted by Gasteiger charge is -2.26. The Morgan fingerprint density at radius 1 is 1.07 bits per heavy atom. The van der Waals surface area contributed by atoms with Gasteiger partial charge in [-0.3, -0.25) is 4.79 Å². The van der Waals surface area contributed by atoms with Crippen LogP contribution in [0.5, 0.6) is 5.75 Å². The van der Waals surface area contributed by atoms with Crippen molar-refractivity contribution in [2.24, 2.45) is 0 Å². The van der Waals surface area contributed by atoms with Crippen LogP contribution in [0.1, 0.15) is 82.3 Å². The van der Waals surface area contributed by atoms with Crippen molar-refractivity contribution in [1.29, 1.82) is 0 Å². The van der Waals surface area contributed by atoms with Gasteiger partial charge in [0.2, 0.25) is 5.91 Å². The molecule has 1 aromatic carbocycles. The minimum absolute atomic E-state index is 0.156. The maximum Gasteiger partial charge on any atom is 0.220 e. The second kappa shape index (κ2) is 13.6. The maximum absolute atomic E-state index is 12.1. The van der Waals surface area contributed by atoms with Crippen molar-refractivity contribution < 1.29 is 9.53 Å². The minimum atomic E-state index is 0.156. The van der Waals surface area contributed by atoms with E-state index >= 15 is 0 Å². The number of methoxy groups -OCH3 is 1. The Balaban J connectivity index is 1.70. The van der Waals surface area contributed by atoms with E-state index in [0.717, 1.165) is 37.1 Å². The molecule has 1 aliphatic heterocycles. The SMILES string of the molecule is CCCCCCCCC(=O)NCc1ccc(CCN2CCCCC2)c(OC)c1. The molecule has 0 unspecified atom stereocenters. The number of carbonyl (C=O) groups excluding carboxylic acids is 1. The number of carbonyl (C=O) groups is 1. The van der Waals surface area contributed by atoms with Crippen molar-refractivity contribution in [3.8, 4) is 5.75 Å². The summed E-state index contributed by atoms with van der Waals surface area (Å²) in [5, 5.41) is 3.05. The first kappa shape index (κ1) is 22.7. The topological polar surface area (TPSA) is 41.6 Å². The first-order valence-electron chi connectivity index (χ1n) is 11.4. The standard InChI is InChI=1S/C24H40N2O2/c1-3-4-5-6-7-9-12-24(27)25-20-21-13-14-22(23(19-21)28-2)15-18-26-16-10-8-11-17-26/h13-14,19H,3-12,15-18,20H2,1-2H3,(H,25,27). The van der Waals surface area contributed by atoms with Crippen LogP contribution in [-0.4, -0.2) is 37.6 Å². The molecule has 1 fully saturated rings. The first-order chi connectivity index (χ1) is 13.7. The molecule has 0 atom stereocenters. The van der Waals surface area contributed by atoms with Crippen molar-refractivity contribution in [3.63, 3.8) is 0 Å². The van der Waals surface area contributed by atoms with E-state index in [4.69, 9.17) is 4.74 Å². The van der Waals surface area contributed by atoms with Gasteiger partial charge in [-0.05, 0) is 56.0 Å². The third kappa shape index (κ3) is 8.64. The highest BCUT2D eigenvalue weighted by atomic mass is 16.5. The Bertz CT molecular complexity index is 568. The molecule has 2 rings (SSSR count). The average Bonchev–Trinajstić information content (AvgIpc) is 2.74. The van der Waals surface area contributed by atoms with Crippen molar-refractivity contribution in [2.75, 3.05) is 26.7 Å². The first-order valence-corrected chi connectivity index (χ1v) is 11.4. The average molecular weight is 389 g/mol. The molecule has 158 valence electrons. The molecule has 0 radical (unpaired) electrons. The Morgan fingerprint density at radius 2 is 1.82 bits per heavy atom. The zero-order valence-electron chi connectivity index (χ0n) is 18.1. The zero-order valence-corrected chi connectivity index (χ0v) is 18.1. The number of nitrogens with zero attached hydrogens (tertiary/aromatic N) is 1. The number of likely N-dealkylation sites (tertiary alicyclic amines) is 1. The fourth-order valence-corrected chi connectivity index (χ4v) is 3.92. The number of piperidine rings is 1. The van der Waals surface area contributed by atoms with Gasteiger partial charge in [0.15, 0.2) is 0 Å². The van der Waals surface area contributed by atoms with E-state index in [1.165, 1.54) is 63.6 Å². The van der Waals surface area contributed by atoms with Crippen molar-refractivity contribution >= 4 is 5.91 Å². The third-order valence-electron chi connectivity index (χ3n) is 5.74. The number of benzene rings is 1. The zero-order chi connectivity index (χ0) is 20.0. The summed E-state index contributed by atoms with van der Waals surface area (Å²) in [7, 11) is 1.74. The Kier molecular flexibility index (Phi) is 11.0. The summed E-state index contributed by atoms with van der Waals surface area (Å²) in [6.45, 7) is 6.36. The number of unbranched alkanes of at least 4 members (excludes halogenated alkanes) is 5. The molecule has 28 heavy (non-hydrogen) atoms. The van der Waals surface area contributed by atoms with Crippen LogP contribution in [-0.2, 0) is 17.8 Å². The van der Waals surface area contributed by atoms with Crippen LogP contribution >= 0.6 is 0 Å². The van der Waals surface area contributed by atoms with Crippen molar-refractivity contribution in [1.82, 2.24) is 10.2 Å². The number of nitrogens with one attached hydrogen (secondary N) is 1. The molecule has 0 aromatic heterocycles. The van der Waals surface area contributed by atoms with Gasteiger partial charge in [-0.2, -0.15) is 0 Å². The van der Waals surface area contributed by atoms with E-state index in [2.05, 4.69) is 35.3 Å². The van der Waals surface area contributed by atoms with Crippen LogP contribution in [0, 0.1) is 0 Å². The molecule has 0 aliphatic carbocycles. The summed E-state index contributed by atoms with van der Waals surface area (Å²) in [6.07, 6.45) is 13.0. The van der Waals surface area contributed by atoms with E-state index in [0.29, 0.717) is 13.0 Å². The van der Waals surface area contributed by atoms with Gasteiger partial charge in [0.25, 0.3) is 0 Å². The second-order valence-electron chi connectivity index (χ2n) is 8.09. The summed E-state index contributed by atoms with van der Waals surface area (Å²) in [5.74, 6) is 1.10. The van der Waals surface area contributed by atoms with Crippen molar-refractivity contribution in [2.45, 2.75) is 84.1 Å². The largest absolute Gasteiger partial charge is 0.496 e. The predicted octanol–water partition coefficient (Wildman–Crippen LogP) is 5.09. The molecule has 0 saturated carbocycles. The molecule has 4 heteroatoms. The van der Waals surface area contributed by atoms with Crippen molar-refractivity contribution in [3.05, 3.63) is 29.3 Å². The van der Waals surface area contributed by atoms with Crippen LogP contribution in [0.2, 0.25) is 0 Å². The number of hydrogen-bond donors (Lipinski definition) is 1. The maximum atomic E-state index is 12.1. The van der Waals surface area contributed by atoms with E-state index in [9.17, 15) is 4.79 Å².